The summed E-state index contributed by atoms with van der Waals surface area (Å²) < 4.78 is 5.31. The lowest BCUT2D eigenvalue weighted by Gasteiger charge is -2.26. The summed E-state index contributed by atoms with van der Waals surface area (Å²) in [5.74, 6) is 1.64. The Morgan fingerprint density at radius 3 is 3.00 bits per heavy atom. The van der Waals surface area contributed by atoms with E-state index in [0.29, 0.717) is 0 Å². The Hall–Kier alpha value is -2.79. The van der Waals surface area contributed by atoms with Crippen LogP contribution in [0.15, 0.2) is 55.0 Å². The summed E-state index contributed by atoms with van der Waals surface area (Å²) in [4.78, 5) is 13.6. The van der Waals surface area contributed by atoms with E-state index in [1.807, 2.05) is 36.7 Å². The highest BCUT2D eigenvalue weighted by molar-refractivity contribution is 5.53. The molecule has 2 heterocycles. The summed E-state index contributed by atoms with van der Waals surface area (Å²) >= 11 is 0. The SMILES string of the molecule is COc1cccc(CN[C@H]2CCCc3nc(-c4cccnc4)ncc32)c1. The number of hydrogen-bond acceptors (Lipinski definition) is 5. The minimum atomic E-state index is 0.285. The van der Waals surface area contributed by atoms with Crippen LogP contribution in [0.5, 0.6) is 5.75 Å². The summed E-state index contributed by atoms with van der Waals surface area (Å²) in [7, 11) is 1.70. The number of hydrogen-bond donors (Lipinski definition) is 1. The van der Waals surface area contributed by atoms with Gasteiger partial charge in [-0.1, -0.05) is 12.1 Å². The predicted octanol–water partition coefficient (Wildman–Crippen LogP) is 3.71. The third-order valence-corrected chi connectivity index (χ3v) is 4.79. The second-order valence-electron chi connectivity index (χ2n) is 6.51. The van der Waals surface area contributed by atoms with Gasteiger partial charge in [0.1, 0.15) is 5.75 Å². The van der Waals surface area contributed by atoms with E-state index in [4.69, 9.17) is 9.72 Å². The number of methoxy groups -OCH3 is 1. The highest BCUT2D eigenvalue weighted by Gasteiger charge is 2.22. The molecule has 0 aliphatic heterocycles. The van der Waals surface area contributed by atoms with Gasteiger partial charge in [0.15, 0.2) is 5.82 Å². The van der Waals surface area contributed by atoms with Gasteiger partial charge in [-0.3, -0.25) is 4.98 Å². The minimum Gasteiger partial charge on any atom is -0.497 e. The number of benzene rings is 1. The van der Waals surface area contributed by atoms with Crippen LogP contribution in [0.25, 0.3) is 11.4 Å². The van der Waals surface area contributed by atoms with Crippen molar-refractivity contribution >= 4 is 0 Å². The Bertz CT molecular complexity index is 882. The van der Waals surface area contributed by atoms with Crippen LogP contribution in [0.2, 0.25) is 0 Å². The van der Waals surface area contributed by atoms with Crippen molar-refractivity contribution in [3.63, 3.8) is 0 Å². The van der Waals surface area contributed by atoms with Gasteiger partial charge in [0, 0.05) is 48.0 Å². The molecule has 1 aromatic carbocycles. The molecule has 4 rings (SSSR count). The lowest BCUT2D eigenvalue weighted by Crippen LogP contribution is -2.26. The average Bonchev–Trinajstić information content (AvgIpc) is 2.72. The molecule has 1 aliphatic carbocycles. The second-order valence-corrected chi connectivity index (χ2v) is 6.51. The molecule has 5 nitrogen and oxygen atoms in total. The molecule has 3 aromatic rings. The molecule has 0 radical (unpaired) electrons. The monoisotopic (exact) mass is 346 g/mol. The highest BCUT2D eigenvalue weighted by atomic mass is 16.5. The Labute approximate surface area is 153 Å². The molecule has 0 amide bonds. The first-order chi connectivity index (χ1) is 12.8. The van der Waals surface area contributed by atoms with E-state index in [-0.39, 0.29) is 6.04 Å². The van der Waals surface area contributed by atoms with Crippen LogP contribution < -0.4 is 10.1 Å². The molecule has 0 saturated carbocycles. The number of ether oxygens (including phenoxy) is 1. The Kier molecular flexibility index (Phi) is 4.88. The van der Waals surface area contributed by atoms with Crippen molar-refractivity contribution in [3.8, 4) is 17.1 Å². The van der Waals surface area contributed by atoms with Gasteiger partial charge in [-0.25, -0.2) is 9.97 Å². The molecular weight excluding hydrogens is 324 g/mol. The van der Waals surface area contributed by atoms with Crippen LogP contribution in [0, 0.1) is 0 Å². The number of rotatable bonds is 5. The van der Waals surface area contributed by atoms with Gasteiger partial charge in [0.2, 0.25) is 0 Å². The smallest absolute Gasteiger partial charge is 0.160 e. The van der Waals surface area contributed by atoms with Gasteiger partial charge in [-0.2, -0.15) is 0 Å². The number of pyridine rings is 1. The summed E-state index contributed by atoms with van der Waals surface area (Å²) in [6, 6.07) is 12.4. The van der Waals surface area contributed by atoms with E-state index in [0.717, 1.165) is 48.6 Å². The van der Waals surface area contributed by atoms with Gasteiger partial charge < -0.3 is 10.1 Å². The van der Waals surface area contributed by atoms with E-state index >= 15 is 0 Å². The van der Waals surface area contributed by atoms with Crippen molar-refractivity contribution < 1.29 is 4.74 Å². The van der Waals surface area contributed by atoms with Crippen molar-refractivity contribution in [1.29, 1.82) is 0 Å². The minimum absolute atomic E-state index is 0.285. The molecule has 5 heteroatoms. The van der Waals surface area contributed by atoms with Gasteiger partial charge >= 0.3 is 0 Å². The molecule has 2 aromatic heterocycles. The van der Waals surface area contributed by atoms with Gasteiger partial charge in [-0.05, 0) is 49.1 Å². The highest BCUT2D eigenvalue weighted by Crippen LogP contribution is 2.29. The quantitative estimate of drug-likeness (QED) is 0.763. The summed E-state index contributed by atoms with van der Waals surface area (Å²) in [6.45, 7) is 0.797. The first kappa shape index (κ1) is 16.7. The van der Waals surface area contributed by atoms with Crippen LogP contribution in [0.1, 0.15) is 35.7 Å². The molecule has 1 aliphatic rings. The number of aryl methyl sites for hydroxylation is 1. The molecule has 132 valence electrons. The van der Waals surface area contributed by atoms with Crippen molar-refractivity contribution in [3.05, 3.63) is 71.8 Å². The van der Waals surface area contributed by atoms with Crippen LogP contribution in [-0.4, -0.2) is 22.1 Å². The molecule has 1 N–H and O–H groups in total. The van der Waals surface area contributed by atoms with E-state index in [1.165, 1.54) is 11.1 Å². The first-order valence-electron chi connectivity index (χ1n) is 8.96. The van der Waals surface area contributed by atoms with Crippen molar-refractivity contribution in [1.82, 2.24) is 20.3 Å². The lowest BCUT2D eigenvalue weighted by molar-refractivity contribution is 0.413. The van der Waals surface area contributed by atoms with Crippen molar-refractivity contribution in [2.45, 2.75) is 31.8 Å². The molecule has 0 unspecified atom stereocenters. The standard InChI is InChI=1S/C21H22N4O/c1-26-17-7-2-5-15(11-17)12-23-19-8-3-9-20-18(19)14-24-21(25-20)16-6-4-10-22-13-16/h2,4-7,10-11,13-14,19,23H,3,8-9,12H2,1H3/t19-/m0/s1. The first-order valence-corrected chi connectivity index (χ1v) is 8.96. The maximum Gasteiger partial charge on any atom is 0.160 e. The zero-order valence-electron chi connectivity index (χ0n) is 14.9. The fourth-order valence-corrected chi connectivity index (χ4v) is 3.42. The van der Waals surface area contributed by atoms with Gasteiger partial charge in [0.25, 0.3) is 0 Å². The predicted molar refractivity (Wildman–Crippen MR) is 101 cm³/mol. The number of nitrogens with zero attached hydrogens (tertiary/aromatic N) is 3. The third kappa shape index (κ3) is 3.58. The average molecular weight is 346 g/mol. The number of aromatic nitrogens is 3. The number of fused-ring (bicyclic) bond motifs is 1. The molecule has 26 heavy (non-hydrogen) atoms. The second kappa shape index (κ2) is 7.62. The topological polar surface area (TPSA) is 59.9 Å². The summed E-state index contributed by atoms with van der Waals surface area (Å²) in [5.41, 5.74) is 4.53. The summed E-state index contributed by atoms with van der Waals surface area (Å²) in [5, 5.41) is 3.66. The molecule has 0 spiro atoms. The normalized spacial score (nSPS) is 16.1. The van der Waals surface area contributed by atoms with Crippen molar-refractivity contribution in [2.24, 2.45) is 0 Å². The lowest BCUT2D eigenvalue weighted by atomic mass is 9.92. The maximum atomic E-state index is 5.31. The molecule has 0 saturated heterocycles. The van der Waals surface area contributed by atoms with Crippen LogP contribution >= 0.6 is 0 Å². The molecule has 0 fully saturated rings. The van der Waals surface area contributed by atoms with Crippen LogP contribution in [0.3, 0.4) is 0 Å². The van der Waals surface area contributed by atoms with Crippen LogP contribution in [-0.2, 0) is 13.0 Å². The summed E-state index contributed by atoms with van der Waals surface area (Å²) in [6.07, 6.45) is 8.79. The Morgan fingerprint density at radius 1 is 1.19 bits per heavy atom. The van der Waals surface area contributed by atoms with E-state index in [9.17, 15) is 0 Å². The molecule has 1 atom stereocenters. The molecule has 0 bridgehead atoms. The van der Waals surface area contributed by atoms with Crippen LogP contribution in [0.4, 0.5) is 0 Å². The molecular formula is C21H22N4O. The fraction of sp³-hybridized carbons (Fsp3) is 0.286. The Balaban J connectivity index is 1.52. The maximum absolute atomic E-state index is 5.31. The van der Waals surface area contributed by atoms with E-state index in [2.05, 4.69) is 27.4 Å². The van der Waals surface area contributed by atoms with E-state index < -0.39 is 0 Å². The zero-order valence-corrected chi connectivity index (χ0v) is 14.9. The zero-order chi connectivity index (χ0) is 17.8. The fourth-order valence-electron chi connectivity index (χ4n) is 3.42. The van der Waals surface area contributed by atoms with Crippen molar-refractivity contribution in [2.75, 3.05) is 7.11 Å². The van der Waals surface area contributed by atoms with Gasteiger partial charge in [0.05, 0.1) is 7.11 Å². The third-order valence-electron chi connectivity index (χ3n) is 4.79. The number of nitrogens with one attached hydrogen (secondary N) is 1. The Morgan fingerprint density at radius 2 is 2.15 bits per heavy atom. The largest absolute Gasteiger partial charge is 0.497 e. The van der Waals surface area contributed by atoms with E-state index in [1.54, 1.807) is 13.3 Å². The van der Waals surface area contributed by atoms with Gasteiger partial charge in [-0.15, -0.1) is 0 Å².